The third-order valence-corrected chi connectivity index (χ3v) is 5.48. The molecule has 1 aliphatic heterocycles. The average molecular weight is 429 g/mol. The van der Waals surface area contributed by atoms with E-state index in [-0.39, 0.29) is 24.2 Å². The SMILES string of the molecule is Cc1nn(-c2ncccn2)c2c1[C@@H](c1ccc(OCc3ccccc3F)cc1)CC(=O)N2. The van der Waals surface area contributed by atoms with Gasteiger partial charge in [0.1, 0.15) is 24.0 Å². The van der Waals surface area contributed by atoms with Gasteiger partial charge in [0.25, 0.3) is 5.95 Å². The summed E-state index contributed by atoms with van der Waals surface area (Å²) in [5.41, 5.74) is 3.21. The summed E-state index contributed by atoms with van der Waals surface area (Å²) in [5, 5.41) is 7.50. The maximum Gasteiger partial charge on any atom is 0.252 e. The number of amides is 1. The van der Waals surface area contributed by atoms with Gasteiger partial charge in [0.2, 0.25) is 5.91 Å². The molecule has 1 N–H and O–H groups in total. The fourth-order valence-corrected chi connectivity index (χ4v) is 3.95. The van der Waals surface area contributed by atoms with E-state index in [4.69, 9.17) is 4.74 Å². The summed E-state index contributed by atoms with van der Waals surface area (Å²) in [5.74, 6) is 1.07. The highest BCUT2D eigenvalue weighted by Crippen LogP contribution is 2.40. The molecular weight excluding hydrogens is 409 g/mol. The van der Waals surface area contributed by atoms with Crippen molar-refractivity contribution < 1.29 is 13.9 Å². The average Bonchev–Trinajstić information content (AvgIpc) is 3.15. The van der Waals surface area contributed by atoms with Crippen LogP contribution in [-0.2, 0) is 11.4 Å². The molecule has 0 bridgehead atoms. The first-order chi connectivity index (χ1) is 15.6. The van der Waals surface area contributed by atoms with E-state index in [9.17, 15) is 9.18 Å². The number of nitrogens with one attached hydrogen (secondary N) is 1. The van der Waals surface area contributed by atoms with Crippen molar-refractivity contribution in [3.63, 3.8) is 0 Å². The molecule has 1 atom stereocenters. The lowest BCUT2D eigenvalue weighted by Gasteiger charge is -2.24. The van der Waals surface area contributed by atoms with Crippen LogP contribution in [0, 0.1) is 12.7 Å². The molecule has 0 fully saturated rings. The molecule has 160 valence electrons. The van der Waals surface area contributed by atoms with Gasteiger partial charge in [-0.1, -0.05) is 30.3 Å². The Hall–Kier alpha value is -4.07. The van der Waals surface area contributed by atoms with Crippen LogP contribution < -0.4 is 10.1 Å². The molecule has 0 aliphatic carbocycles. The number of aromatic nitrogens is 4. The van der Waals surface area contributed by atoms with Crippen LogP contribution in [0.5, 0.6) is 5.75 Å². The van der Waals surface area contributed by atoms with Crippen LogP contribution in [0.3, 0.4) is 0 Å². The largest absolute Gasteiger partial charge is 0.489 e. The van der Waals surface area contributed by atoms with Gasteiger partial charge in [-0.2, -0.15) is 9.78 Å². The Kier molecular flexibility index (Phi) is 5.10. The Labute approximate surface area is 183 Å². The summed E-state index contributed by atoms with van der Waals surface area (Å²) >= 11 is 0. The normalized spacial score (nSPS) is 15.2. The van der Waals surface area contributed by atoms with E-state index in [0.29, 0.717) is 29.5 Å². The molecule has 3 heterocycles. The van der Waals surface area contributed by atoms with Crippen LogP contribution in [0.1, 0.15) is 34.7 Å². The fraction of sp³-hybridized carbons (Fsp3) is 0.167. The van der Waals surface area contributed by atoms with Gasteiger partial charge >= 0.3 is 0 Å². The van der Waals surface area contributed by atoms with Gasteiger partial charge in [-0.25, -0.2) is 14.4 Å². The number of nitrogens with zero attached hydrogens (tertiary/aromatic N) is 4. The van der Waals surface area contributed by atoms with E-state index in [0.717, 1.165) is 16.8 Å². The Morgan fingerprint density at radius 2 is 1.84 bits per heavy atom. The third-order valence-electron chi connectivity index (χ3n) is 5.48. The predicted molar refractivity (Wildman–Crippen MR) is 116 cm³/mol. The second-order valence-electron chi connectivity index (χ2n) is 7.56. The lowest BCUT2D eigenvalue weighted by atomic mass is 9.86. The predicted octanol–water partition coefficient (Wildman–Crippen LogP) is 4.16. The van der Waals surface area contributed by atoms with Crippen LogP contribution in [0.4, 0.5) is 10.2 Å². The second-order valence-corrected chi connectivity index (χ2v) is 7.56. The molecule has 0 radical (unpaired) electrons. The summed E-state index contributed by atoms with van der Waals surface area (Å²) in [6, 6.07) is 15.8. The van der Waals surface area contributed by atoms with Crippen molar-refractivity contribution in [3.8, 4) is 11.7 Å². The standard InChI is InChI=1S/C24H20FN5O2/c1-15-22-19(13-21(31)28-23(22)30(29-15)24-26-11-4-12-27-24)16-7-9-18(10-8-16)32-14-17-5-2-3-6-20(17)25/h2-12,19H,13-14H2,1H3,(H,28,31)/t19-/m1/s1. The lowest BCUT2D eigenvalue weighted by molar-refractivity contribution is -0.116. The molecular formula is C24H20FN5O2. The number of carbonyl (C=O) groups is 1. The molecule has 1 amide bonds. The minimum absolute atomic E-state index is 0.0977. The molecule has 0 spiro atoms. The highest BCUT2D eigenvalue weighted by atomic mass is 19.1. The summed E-state index contributed by atoms with van der Waals surface area (Å²) in [4.78, 5) is 21.0. The first-order valence-electron chi connectivity index (χ1n) is 10.2. The summed E-state index contributed by atoms with van der Waals surface area (Å²) in [6.07, 6.45) is 3.58. The zero-order chi connectivity index (χ0) is 22.1. The highest BCUT2D eigenvalue weighted by Gasteiger charge is 2.33. The van der Waals surface area contributed by atoms with Crippen LogP contribution in [0.25, 0.3) is 5.95 Å². The zero-order valence-corrected chi connectivity index (χ0v) is 17.3. The van der Waals surface area contributed by atoms with Crippen LogP contribution >= 0.6 is 0 Å². The first-order valence-corrected chi connectivity index (χ1v) is 10.2. The van der Waals surface area contributed by atoms with Crippen LogP contribution in [0.15, 0.2) is 67.0 Å². The Morgan fingerprint density at radius 3 is 2.59 bits per heavy atom. The van der Waals surface area contributed by atoms with Gasteiger partial charge in [-0.05, 0) is 36.8 Å². The molecule has 2 aromatic carbocycles. The summed E-state index contributed by atoms with van der Waals surface area (Å²) in [7, 11) is 0. The van der Waals surface area contributed by atoms with Crippen molar-refractivity contribution in [1.29, 1.82) is 0 Å². The van der Waals surface area contributed by atoms with Gasteiger partial charge in [0, 0.05) is 35.9 Å². The number of rotatable bonds is 5. The van der Waals surface area contributed by atoms with Crippen molar-refractivity contribution in [2.24, 2.45) is 0 Å². The Morgan fingerprint density at radius 1 is 1.09 bits per heavy atom. The maximum atomic E-state index is 13.8. The minimum Gasteiger partial charge on any atom is -0.489 e. The monoisotopic (exact) mass is 429 g/mol. The number of halogens is 1. The molecule has 0 saturated heterocycles. The maximum absolute atomic E-state index is 13.8. The summed E-state index contributed by atoms with van der Waals surface area (Å²) < 4.78 is 21.1. The molecule has 8 heteroatoms. The zero-order valence-electron chi connectivity index (χ0n) is 17.3. The molecule has 7 nitrogen and oxygen atoms in total. The quantitative estimate of drug-likeness (QED) is 0.515. The molecule has 0 unspecified atom stereocenters. The van der Waals surface area contributed by atoms with Crippen LogP contribution in [-0.4, -0.2) is 25.7 Å². The van der Waals surface area contributed by atoms with Gasteiger partial charge in [-0.15, -0.1) is 0 Å². The van der Waals surface area contributed by atoms with E-state index in [1.54, 1.807) is 41.3 Å². The topological polar surface area (TPSA) is 81.9 Å². The smallest absolute Gasteiger partial charge is 0.252 e. The fourth-order valence-electron chi connectivity index (χ4n) is 3.95. The molecule has 0 saturated carbocycles. The van der Waals surface area contributed by atoms with Crippen LogP contribution in [0.2, 0.25) is 0 Å². The number of carbonyl (C=O) groups excluding carboxylic acids is 1. The highest BCUT2D eigenvalue weighted by molar-refractivity contribution is 5.95. The van der Waals surface area contributed by atoms with Gasteiger partial charge in [0.05, 0.1) is 5.69 Å². The van der Waals surface area contributed by atoms with Crippen molar-refractivity contribution in [1.82, 2.24) is 19.7 Å². The van der Waals surface area contributed by atoms with Gasteiger partial charge in [-0.3, -0.25) is 4.79 Å². The molecule has 2 aromatic heterocycles. The number of benzene rings is 2. The molecule has 32 heavy (non-hydrogen) atoms. The molecule has 5 rings (SSSR count). The van der Waals surface area contributed by atoms with Crippen molar-refractivity contribution in [2.75, 3.05) is 5.32 Å². The lowest BCUT2D eigenvalue weighted by Crippen LogP contribution is -2.25. The number of hydrogen-bond acceptors (Lipinski definition) is 5. The molecule has 4 aromatic rings. The Bertz CT molecular complexity index is 1270. The number of ether oxygens (including phenoxy) is 1. The summed E-state index contributed by atoms with van der Waals surface area (Å²) in [6.45, 7) is 2.06. The van der Waals surface area contributed by atoms with E-state index >= 15 is 0 Å². The van der Waals surface area contributed by atoms with E-state index < -0.39 is 0 Å². The van der Waals surface area contributed by atoms with Gasteiger partial charge in [0.15, 0.2) is 0 Å². The number of anilines is 1. The first kappa shape index (κ1) is 19.9. The number of hydrogen-bond donors (Lipinski definition) is 1. The second kappa shape index (κ2) is 8.22. The molecule has 1 aliphatic rings. The van der Waals surface area contributed by atoms with E-state index in [2.05, 4.69) is 20.4 Å². The van der Waals surface area contributed by atoms with Crippen molar-refractivity contribution in [3.05, 3.63) is 95.2 Å². The third kappa shape index (κ3) is 3.71. The number of aryl methyl sites for hydroxylation is 1. The Balaban J connectivity index is 1.42. The van der Waals surface area contributed by atoms with E-state index in [1.807, 2.05) is 31.2 Å². The van der Waals surface area contributed by atoms with Crippen molar-refractivity contribution >= 4 is 11.7 Å². The van der Waals surface area contributed by atoms with Gasteiger partial charge < -0.3 is 10.1 Å². The van der Waals surface area contributed by atoms with E-state index in [1.165, 1.54) is 6.07 Å². The minimum atomic E-state index is -0.292. The number of fused-ring (bicyclic) bond motifs is 1. The van der Waals surface area contributed by atoms with Crippen molar-refractivity contribution in [2.45, 2.75) is 25.9 Å².